The Balaban J connectivity index is 2.04. The molecule has 5 heteroatoms. The quantitative estimate of drug-likeness (QED) is 0.590. The van der Waals surface area contributed by atoms with Gasteiger partial charge in [0, 0.05) is 26.8 Å². The maximum atomic E-state index is 5.12. The second kappa shape index (κ2) is 7.62. The van der Waals surface area contributed by atoms with Crippen LogP contribution in [-0.2, 0) is 11.3 Å². The fraction of sp³-hybridized carbons (Fsp3) is 0.500. The van der Waals surface area contributed by atoms with Crippen molar-refractivity contribution in [3.63, 3.8) is 0 Å². The molecule has 0 aliphatic rings. The number of thiocarbonyl (C=S) groups is 1. The summed E-state index contributed by atoms with van der Waals surface area (Å²) in [5.74, 6) is 0. The molecule has 0 aliphatic carbocycles. The minimum absolute atomic E-state index is 0.706. The highest BCUT2D eigenvalue weighted by Crippen LogP contribution is 2.04. The van der Waals surface area contributed by atoms with Crippen LogP contribution in [0.2, 0.25) is 0 Å². The third-order valence-corrected chi connectivity index (χ3v) is 2.86. The van der Waals surface area contributed by atoms with Crippen molar-refractivity contribution in [2.45, 2.75) is 13.0 Å². The van der Waals surface area contributed by atoms with E-state index in [1.165, 1.54) is 5.56 Å². The van der Waals surface area contributed by atoms with Crippen LogP contribution in [0.4, 0.5) is 0 Å². The summed E-state index contributed by atoms with van der Waals surface area (Å²) < 4.78 is 4.94. The van der Waals surface area contributed by atoms with Crippen molar-refractivity contribution in [1.82, 2.24) is 10.6 Å². The first-order chi connectivity index (χ1) is 7.33. The Bertz CT molecular complexity index is 275. The zero-order valence-electron chi connectivity index (χ0n) is 8.79. The molecule has 1 heterocycles. The van der Waals surface area contributed by atoms with Gasteiger partial charge in [0.05, 0.1) is 0 Å². The lowest BCUT2D eigenvalue weighted by Crippen LogP contribution is -2.35. The lowest BCUT2D eigenvalue weighted by atomic mass is 10.3. The summed E-state index contributed by atoms with van der Waals surface area (Å²) >= 11 is 6.81. The SMILES string of the molecule is COCCCNC(=S)NCc1ccsc1. The summed E-state index contributed by atoms with van der Waals surface area (Å²) in [5, 5.41) is 11.2. The molecule has 1 aromatic rings. The van der Waals surface area contributed by atoms with E-state index in [2.05, 4.69) is 27.5 Å². The Morgan fingerprint density at radius 1 is 1.53 bits per heavy atom. The molecular formula is C10H16N2OS2. The Labute approximate surface area is 99.8 Å². The molecule has 1 aromatic heterocycles. The van der Waals surface area contributed by atoms with Crippen LogP contribution in [0.15, 0.2) is 16.8 Å². The van der Waals surface area contributed by atoms with Crippen molar-refractivity contribution < 1.29 is 4.74 Å². The molecule has 0 atom stereocenters. The largest absolute Gasteiger partial charge is 0.385 e. The van der Waals surface area contributed by atoms with E-state index in [0.717, 1.165) is 26.1 Å². The van der Waals surface area contributed by atoms with E-state index in [1.807, 2.05) is 0 Å². The van der Waals surface area contributed by atoms with Gasteiger partial charge < -0.3 is 15.4 Å². The van der Waals surface area contributed by atoms with Crippen molar-refractivity contribution >= 4 is 28.7 Å². The molecule has 0 amide bonds. The third kappa shape index (κ3) is 5.71. The van der Waals surface area contributed by atoms with Gasteiger partial charge in [0.1, 0.15) is 0 Å². The van der Waals surface area contributed by atoms with Gasteiger partial charge in [0.15, 0.2) is 5.11 Å². The number of thiophene rings is 1. The molecule has 0 saturated carbocycles. The summed E-state index contributed by atoms with van der Waals surface area (Å²) in [4.78, 5) is 0. The van der Waals surface area contributed by atoms with Gasteiger partial charge >= 0.3 is 0 Å². The molecule has 0 saturated heterocycles. The molecule has 3 nitrogen and oxygen atoms in total. The normalized spacial score (nSPS) is 9.93. The highest BCUT2D eigenvalue weighted by molar-refractivity contribution is 7.80. The van der Waals surface area contributed by atoms with Crippen LogP contribution in [-0.4, -0.2) is 25.4 Å². The van der Waals surface area contributed by atoms with Gasteiger partial charge in [0.2, 0.25) is 0 Å². The van der Waals surface area contributed by atoms with Gasteiger partial charge in [-0.15, -0.1) is 0 Å². The van der Waals surface area contributed by atoms with E-state index >= 15 is 0 Å². The standard InChI is InChI=1S/C10H16N2OS2/c1-13-5-2-4-11-10(14)12-7-9-3-6-15-8-9/h3,6,8H,2,4-5,7H2,1H3,(H2,11,12,14). The lowest BCUT2D eigenvalue weighted by Gasteiger charge is -2.09. The Hall–Kier alpha value is -0.650. The minimum atomic E-state index is 0.706. The van der Waals surface area contributed by atoms with E-state index in [9.17, 15) is 0 Å². The van der Waals surface area contributed by atoms with Gasteiger partial charge in [0.25, 0.3) is 0 Å². The molecule has 0 aliphatic heterocycles. The Morgan fingerprint density at radius 2 is 2.40 bits per heavy atom. The van der Waals surface area contributed by atoms with Gasteiger partial charge in [-0.05, 0) is 41.0 Å². The van der Waals surface area contributed by atoms with Crippen LogP contribution in [0.5, 0.6) is 0 Å². The van der Waals surface area contributed by atoms with Gasteiger partial charge in [-0.2, -0.15) is 11.3 Å². The highest BCUT2D eigenvalue weighted by atomic mass is 32.1. The van der Waals surface area contributed by atoms with Gasteiger partial charge in [-0.1, -0.05) is 0 Å². The zero-order chi connectivity index (χ0) is 10.9. The Morgan fingerprint density at radius 3 is 3.07 bits per heavy atom. The number of methoxy groups -OCH3 is 1. The lowest BCUT2D eigenvalue weighted by molar-refractivity contribution is 0.195. The van der Waals surface area contributed by atoms with Crippen LogP contribution in [0.1, 0.15) is 12.0 Å². The molecule has 0 bridgehead atoms. The van der Waals surface area contributed by atoms with E-state index in [-0.39, 0.29) is 0 Å². The number of nitrogens with one attached hydrogen (secondary N) is 2. The van der Waals surface area contributed by atoms with E-state index in [4.69, 9.17) is 17.0 Å². The van der Waals surface area contributed by atoms with Gasteiger partial charge in [-0.3, -0.25) is 0 Å². The monoisotopic (exact) mass is 244 g/mol. The van der Waals surface area contributed by atoms with Crippen molar-refractivity contribution in [3.8, 4) is 0 Å². The second-order valence-electron chi connectivity index (χ2n) is 3.09. The molecular weight excluding hydrogens is 228 g/mol. The van der Waals surface area contributed by atoms with Crippen molar-refractivity contribution in [2.24, 2.45) is 0 Å². The third-order valence-electron chi connectivity index (χ3n) is 1.84. The van der Waals surface area contributed by atoms with Crippen molar-refractivity contribution in [2.75, 3.05) is 20.3 Å². The van der Waals surface area contributed by atoms with Crippen LogP contribution in [0.3, 0.4) is 0 Å². The molecule has 2 N–H and O–H groups in total. The fourth-order valence-corrected chi connectivity index (χ4v) is 1.90. The second-order valence-corrected chi connectivity index (χ2v) is 4.28. The first kappa shape index (κ1) is 12.4. The molecule has 15 heavy (non-hydrogen) atoms. The predicted octanol–water partition coefficient (Wildman–Crippen LogP) is 1.75. The Kier molecular flexibility index (Phi) is 6.31. The van der Waals surface area contributed by atoms with Crippen LogP contribution in [0.25, 0.3) is 0 Å². The van der Waals surface area contributed by atoms with E-state index in [1.54, 1.807) is 18.4 Å². The topological polar surface area (TPSA) is 33.3 Å². The fourth-order valence-electron chi connectivity index (χ4n) is 1.06. The summed E-state index contributed by atoms with van der Waals surface area (Å²) in [6, 6.07) is 2.09. The van der Waals surface area contributed by atoms with Crippen molar-refractivity contribution in [1.29, 1.82) is 0 Å². The van der Waals surface area contributed by atoms with Crippen molar-refractivity contribution in [3.05, 3.63) is 22.4 Å². The first-order valence-electron chi connectivity index (χ1n) is 4.84. The summed E-state index contributed by atoms with van der Waals surface area (Å²) in [5.41, 5.74) is 1.26. The molecule has 0 radical (unpaired) electrons. The molecule has 1 rings (SSSR count). The smallest absolute Gasteiger partial charge is 0.166 e. The maximum absolute atomic E-state index is 5.12. The number of hydrogen-bond acceptors (Lipinski definition) is 3. The van der Waals surface area contributed by atoms with E-state index < -0.39 is 0 Å². The average molecular weight is 244 g/mol. The summed E-state index contributed by atoms with van der Waals surface area (Å²) in [6.45, 7) is 2.41. The molecule has 84 valence electrons. The molecule has 0 spiro atoms. The van der Waals surface area contributed by atoms with Crippen LogP contribution < -0.4 is 10.6 Å². The summed E-state index contributed by atoms with van der Waals surface area (Å²) in [6.07, 6.45) is 0.969. The summed E-state index contributed by atoms with van der Waals surface area (Å²) in [7, 11) is 1.70. The molecule has 0 fully saturated rings. The van der Waals surface area contributed by atoms with Crippen LogP contribution >= 0.6 is 23.6 Å². The predicted molar refractivity (Wildman–Crippen MR) is 68.3 cm³/mol. The maximum Gasteiger partial charge on any atom is 0.166 e. The molecule has 0 aromatic carbocycles. The minimum Gasteiger partial charge on any atom is -0.385 e. The molecule has 0 unspecified atom stereocenters. The number of ether oxygens (including phenoxy) is 1. The number of rotatable bonds is 6. The zero-order valence-corrected chi connectivity index (χ0v) is 10.4. The van der Waals surface area contributed by atoms with Gasteiger partial charge in [-0.25, -0.2) is 0 Å². The van der Waals surface area contributed by atoms with E-state index in [0.29, 0.717) is 5.11 Å². The highest BCUT2D eigenvalue weighted by Gasteiger charge is 1.96. The number of hydrogen-bond donors (Lipinski definition) is 2. The van der Waals surface area contributed by atoms with Crippen LogP contribution in [0, 0.1) is 0 Å². The average Bonchev–Trinajstić information content (AvgIpc) is 2.74. The first-order valence-corrected chi connectivity index (χ1v) is 6.19.